The lowest BCUT2D eigenvalue weighted by Gasteiger charge is -2.05. The summed E-state index contributed by atoms with van der Waals surface area (Å²) < 4.78 is 0. The molecule has 0 aliphatic carbocycles. The highest BCUT2D eigenvalue weighted by Gasteiger charge is 2.00. The molecule has 2 N–H and O–H groups in total. The Morgan fingerprint density at radius 2 is 0.974 bits per heavy atom. The van der Waals surface area contributed by atoms with Gasteiger partial charge >= 0.3 is 0 Å². The number of hydrogen-bond donors (Lipinski definition) is 1. The van der Waals surface area contributed by atoms with E-state index in [4.69, 9.17) is 62.7 Å². The Kier molecular flexibility index (Phi) is 12.6. The summed E-state index contributed by atoms with van der Waals surface area (Å²) in [7, 11) is 0. The van der Waals surface area contributed by atoms with Crippen LogP contribution < -0.4 is 5.73 Å². The summed E-state index contributed by atoms with van der Waals surface area (Å²) in [5.41, 5.74) is 40.2. The van der Waals surface area contributed by atoms with E-state index in [1.165, 1.54) is 0 Å². The third-order valence-corrected chi connectivity index (χ3v) is 3.00. The molecule has 0 saturated carbocycles. The van der Waals surface area contributed by atoms with Crippen molar-refractivity contribution in [2.45, 2.75) is 0 Å². The number of nitrogens with zero attached hydrogens (tertiary/aromatic N) is 23. The standard InChI is InChI=1S/C3Cl3N3.C3N11O2.C3H2N10/c4-1-7-2(5)9-3(6)8-1;4-12-9-1-6-2(10-13-5)8-3(7-1)11-14(15)16;4-1-7-2(10-12-5)9-3(8-1)11-13-6/h;;(H2,4,7,8,9)/q;-1;. The van der Waals surface area contributed by atoms with Crippen LogP contribution in [-0.4, -0.2) is 49.9 Å². The fourth-order valence-corrected chi connectivity index (χ4v) is 2.08. The van der Waals surface area contributed by atoms with E-state index >= 15 is 0 Å². The van der Waals surface area contributed by atoms with Gasteiger partial charge in [-0.2, -0.15) is 24.9 Å². The maximum absolute atomic E-state index is 10.0. The Labute approximate surface area is 219 Å². The van der Waals surface area contributed by atoms with Gasteiger partial charge in [0.1, 0.15) is 22.9 Å². The number of hydrogen-bond acceptors (Lipinski definition) is 16. The van der Waals surface area contributed by atoms with Crippen LogP contribution in [0.4, 0.5) is 35.7 Å². The van der Waals surface area contributed by atoms with Gasteiger partial charge < -0.3 is 15.7 Å². The molecule has 0 aliphatic rings. The molecule has 3 aromatic heterocycles. The van der Waals surface area contributed by atoms with Crippen molar-refractivity contribution in [1.29, 1.82) is 0 Å². The van der Waals surface area contributed by atoms with Crippen LogP contribution in [0.5, 0.6) is 0 Å². The van der Waals surface area contributed by atoms with Crippen LogP contribution in [-0.2, 0) is 0 Å². The molecule has 0 aliphatic heterocycles. The quantitative estimate of drug-likeness (QED) is 0.129. The summed E-state index contributed by atoms with van der Waals surface area (Å²) in [5.74, 6) is -2.26. The highest BCUT2D eigenvalue weighted by atomic mass is 35.5. The maximum Gasteiger partial charge on any atom is 0.227 e. The van der Waals surface area contributed by atoms with Gasteiger partial charge in [-0.05, 0) is 77.4 Å². The van der Waals surface area contributed by atoms with Crippen LogP contribution in [0.15, 0.2) is 20.5 Å². The van der Waals surface area contributed by atoms with Crippen molar-refractivity contribution in [3.05, 3.63) is 73.2 Å². The second-order valence-electron chi connectivity index (χ2n) is 4.77. The molecule has 3 heterocycles. The zero-order valence-corrected chi connectivity index (χ0v) is 19.6. The SMILES string of the molecule is Clc1nc(Cl)nc(Cl)n1.[N-]=[N+]=Nc1nc(N)nc(N=[N+]=[N-])n1.[N-]=[N+]=Nc1nc(N=[N+]=[N-])nc([N-][N+](=O)[O-])n1. The lowest BCUT2D eigenvalue weighted by atomic mass is 10.8. The molecule has 0 aromatic carbocycles. The number of halogens is 3. The van der Waals surface area contributed by atoms with Crippen LogP contribution in [0, 0.1) is 10.1 Å². The minimum absolute atomic E-state index is 0.000000000000000444. The summed E-state index contributed by atoms with van der Waals surface area (Å²) in [5, 5.41) is 21.0. The molecule has 0 fully saturated rings. The summed E-state index contributed by atoms with van der Waals surface area (Å²) in [6.45, 7) is 0. The second-order valence-corrected chi connectivity index (χ2v) is 5.78. The first kappa shape index (κ1) is 30.2. The lowest BCUT2D eigenvalue weighted by molar-refractivity contribution is -0.419. The summed E-state index contributed by atoms with van der Waals surface area (Å²) in [6, 6.07) is 0. The number of anilines is 1. The van der Waals surface area contributed by atoms with Crippen molar-refractivity contribution < 1.29 is 5.03 Å². The molecule has 3 rings (SSSR count). The van der Waals surface area contributed by atoms with Gasteiger partial charge in [0.05, 0.1) is 0 Å². The Hall–Kier alpha value is -5.86. The third kappa shape index (κ3) is 12.0. The van der Waals surface area contributed by atoms with E-state index in [-0.39, 0.29) is 33.7 Å². The molecule has 26 nitrogen and oxygen atoms in total. The van der Waals surface area contributed by atoms with Crippen LogP contribution in [0.2, 0.25) is 15.9 Å². The predicted molar refractivity (Wildman–Crippen MR) is 124 cm³/mol. The van der Waals surface area contributed by atoms with E-state index in [9.17, 15) is 10.1 Å². The van der Waals surface area contributed by atoms with Crippen molar-refractivity contribution in [3.63, 3.8) is 0 Å². The first-order chi connectivity index (χ1) is 18.1. The van der Waals surface area contributed by atoms with Crippen LogP contribution in [0.25, 0.3) is 47.2 Å². The van der Waals surface area contributed by atoms with Gasteiger partial charge in [-0.15, -0.1) is 0 Å². The van der Waals surface area contributed by atoms with Crippen molar-refractivity contribution in [2.24, 2.45) is 20.5 Å². The fourth-order valence-electron chi connectivity index (χ4n) is 1.47. The predicted octanol–water partition coefficient (Wildman–Crippen LogP) is 5.12. The molecular formula is C9H2Cl3N24O2-. The molecule has 3 aromatic rings. The largest absolute Gasteiger partial charge is 0.368 e. The molecule has 0 unspecified atom stereocenters. The number of nitrogen functional groups attached to an aromatic ring is 1. The highest BCUT2D eigenvalue weighted by molar-refractivity contribution is 6.33. The Bertz CT molecular complexity index is 1380. The van der Waals surface area contributed by atoms with Crippen molar-refractivity contribution in [2.75, 3.05) is 5.73 Å². The minimum Gasteiger partial charge on any atom is -0.368 e. The van der Waals surface area contributed by atoms with Crippen LogP contribution in [0.1, 0.15) is 0 Å². The van der Waals surface area contributed by atoms with Crippen LogP contribution >= 0.6 is 34.8 Å². The van der Waals surface area contributed by atoms with Gasteiger partial charge in [-0.3, -0.25) is 0 Å². The lowest BCUT2D eigenvalue weighted by Crippen LogP contribution is -1.95. The topological polar surface area (TPSA) is 394 Å². The second kappa shape index (κ2) is 15.9. The normalized spacial score (nSPS) is 8.71. The van der Waals surface area contributed by atoms with Crippen molar-refractivity contribution >= 4 is 70.5 Å². The van der Waals surface area contributed by atoms with Gasteiger partial charge in [-0.25, -0.2) is 20.1 Å². The van der Waals surface area contributed by atoms with Gasteiger partial charge in [-0.1, -0.05) is 5.43 Å². The van der Waals surface area contributed by atoms with Crippen molar-refractivity contribution in [1.82, 2.24) is 44.9 Å². The average Bonchev–Trinajstić information content (AvgIpc) is 2.79. The monoisotopic (exact) mass is 583 g/mol. The molecule has 192 valence electrons. The molecule has 29 heteroatoms. The Balaban J connectivity index is 0.000000296. The first-order valence-corrected chi connectivity index (χ1v) is 9.30. The summed E-state index contributed by atoms with van der Waals surface area (Å²) in [4.78, 5) is 50.4. The van der Waals surface area contributed by atoms with Crippen molar-refractivity contribution in [3.8, 4) is 0 Å². The van der Waals surface area contributed by atoms with Gasteiger partial charge in [0.2, 0.25) is 33.7 Å². The Morgan fingerprint density at radius 1 is 0.658 bits per heavy atom. The van der Waals surface area contributed by atoms with E-state index < -0.39 is 22.9 Å². The van der Waals surface area contributed by atoms with E-state index in [0.717, 1.165) is 0 Å². The zero-order chi connectivity index (χ0) is 28.5. The van der Waals surface area contributed by atoms with E-state index in [2.05, 4.69) is 90.4 Å². The number of azide groups is 4. The maximum atomic E-state index is 10.0. The molecule has 38 heavy (non-hydrogen) atoms. The Morgan fingerprint density at radius 3 is 1.26 bits per heavy atom. The zero-order valence-electron chi connectivity index (χ0n) is 17.3. The molecule has 0 amide bonds. The number of nitro groups is 1. The molecule has 0 bridgehead atoms. The number of nitrogens with two attached hydrogens (primary N) is 1. The first-order valence-electron chi connectivity index (χ1n) is 8.16. The van der Waals surface area contributed by atoms with Crippen LogP contribution in [0.3, 0.4) is 0 Å². The fraction of sp³-hybridized carbons (Fsp3) is 0. The molecule has 0 spiro atoms. The average molecular weight is 585 g/mol. The summed E-state index contributed by atoms with van der Waals surface area (Å²) >= 11 is 16.0. The number of rotatable bonds is 6. The smallest absolute Gasteiger partial charge is 0.227 e. The molecule has 0 atom stereocenters. The van der Waals surface area contributed by atoms with Gasteiger partial charge in [0, 0.05) is 19.6 Å². The van der Waals surface area contributed by atoms with Gasteiger partial charge in [0.15, 0.2) is 0 Å². The van der Waals surface area contributed by atoms with E-state index in [0.29, 0.717) is 0 Å². The molecule has 0 radical (unpaired) electrons. The van der Waals surface area contributed by atoms with E-state index in [1.54, 1.807) is 0 Å². The third-order valence-electron chi connectivity index (χ3n) is 2.49. The molecule has 0 saturated heterocycles. The minimum atomic E-state index is -1.06. The molecular weight excluding hydrogens is 583 g/mol. The number of aromatic nitrogens is 9. The van der Waals surface area contributed by atoms with E-state index in [1.807, 2.05) is 0 Å². The van der Waals surface area contributed by atoms with Gasteiger partial charge in [0.25, 0.3) is 0 Å². The summed E-state index contributed by atoms with van der Waals surface area (Å²) in [6.07, 6.45) is 0. The highest BCUT2D eigenvalue weighted by Crippen LogP contribution is 2.19.